The van der Waals surface area contributed by atoms with Gasteiger partial charge in [0.15, 0.2) is 0 Å². The maximum absolute atomic E-state index is 11.1. The van der Waals surface area contributed by atoms with Crippen LogP contribution >= 0.6 is 0 Å². The highest BCUT2D eigenvalue weighted by molar-refractivity contribution is 5.65. The number of hydrogen-bond acceptors (Lipinski definition) is 2. The Bertz CT molecular complexity index is 750. The molecule has 2 unspecified atom stereocenters. The molecule has 0 radical (unpaired) electrons. The van der Waals surface area contributed by atoms with Crippen LogP contribution in [0.2, 0.25) is 0 Å². The molecule has 2 N–H and O–H groups in total. The van der Waals surface area contributed by atoms with Crippen LogP contribution in [0.25, 0.3) is 0 Å². The molecule has 0 spiro atoms. The molecule has 23 heavy (non-hydrogen) atoms. The van der Waals surface area contributed by atoms with E-state index in [1.165, 1.54) is 11.1 Å². The summed E-state index contributed by atoms with van der Waals surface area (Å²) in [6.45, 7) is 0. The molecule has 0 saturated carbocycles. The van der Waals surface area contributed by atoms with Crippen molar-refractivity contribution in [1.29, 1.82) is 5.26 Å². The van der Waals surface area contributed by atoms with Gasteiger partial charge in [-0.2, -0.15) is 5.26 Å². The number of nitriles is 1. The van der Waals surface area contributed by atoms with Crippen molar-refractivity contribution in [3.8, 4) is 6.07 Å². The largest absolute Gasteiger partial charge is 0.465 e. The first-order valence-electron chi connectivity index (χ1n) is 7.73. The van der Waals surface area contributed by atoms with Gasteiger partial charge in [-0.3, -0.25) is 0 Å². The summed E-state index contributed by atoms with van der Waals surface area (Å²) in [6, 6.07) is 17.9. The predicted octanol–water partition coefficient (Wildman–Crippen LogP) is 3.47. The summed E-state index contributed by atoms with van der Waals surface area (Å²) in [5, 5.41) is 21.0. The molecule has 0 heterocycles. The van der Waals surface area contributed by atoms with Crippen LogP contribution in [-0.4, -0.2) is 17.2 Å². The second-order valence-electron chi connectivity index (χ2n) is 5.92. The number of fused-ring (bicyclic) bond motifs is 1. The van der Waals surface area contributed by atoms with Gasteiger partial charge in [-0.1, -0.05) is 36.4 Å². The van der Waals surface area contributed by atoms with E-state index < -0.39 is 6.09 Å². The Balaban J connectivity index is 1.98. The van der Waals surface area contributed by atoms with Crippen LogP contribution in [0, 0.1) is 11.3 Å². The van der Waals surface area contributed by atoms with E-state index >= 15 is 0 Å². The Hall–Kier alpha value is -2.80. The van der Waals surface area contributed by atoms with Gasteiger partial charge >= 0.3 is 6.09 Å². The minimum Gasteiger partial charge on any atom is -0.465 e. The quantitative estimate of drug-likeness (QED) is 0.912. The molecule has 0 aliphatic heterocycles. The van der Waals surface area contributed by atoms with Crippen LogP contribution in [-0.2, 0) is 12.8 Å². The van der Waals surface area contributed by atoms with E-state index in [0.717, 1.165) is 24.8 Å². The van der Waals surface area contributed by atoms with Crippen LogP contribution in [0.1, 0.15) is 34.6 Å². The topological polar surface area (TPSA) is 73.1 Å². The molecule has 0 bridgehead atoms. The Kier molecular flexibility index (Phi) is 4.29. The lowest BCUT2D eigenvalue weighted by Crippen LogP contribution is -2.42. The molecule has 0 saturated heterocycles. The van der Waals surface area contributed by atoms with E-state index in [0.29, 0.717) is 5.56 Å². The summed E-state index contributed by atoms with van der Waals surface area (Å²) < 4.78 is 0. The van der Waals surface area contributed by atoms with Crippen molar-refractivity contribution >= 4 is 6.09 Å². The lowest BCUT2D eigenvalue weighted by molar-refractivity contribution is 0.185. The van der Waals surface area contributed by atoms with Crippen molar-refractivity contribution in [2.75, 3.05) is 0 Å². The number of carboxylic acid groups (broad SMARTS) is 1. The minimum atomic E-state index is -0.993. The summed E-state index contributed by atoms with van der Waals surface area (Å²) in [5.41, 5.74) is 4.11. The smallest absolute Gasteiger partial charge is 0.404 e. The maximum Gasteiger partial charge on any atom is 0.404 e. The number of nitrogens with zero attached hydrogens (tertiary/aromatic N) is 1. The summed E-state index contributed by atoms with van der Waals surface area (Å²) in [4.78, 5) is 11.1. The highest BCUT2D eigenvalue weighted by Crippen LogP contribution is 2.35. The molecular weight excluding hydrogens is 288 g/mol. The number of benzene rings is 2. The van der Waals surface area contributed by atoms with Crippen molar-refractivity contribution < 1.29 is 9.90 Å². The molecular formula is C19H18N2O2. The van der Waals surface area contributed by atoms with Gasteiger partial charge in [-0.15, -0.1) is 0 Å². The number of nitrogens with one attached hydrogen (secondary N) is 1. The zero-order valence-electron chi connectivity index (χ0n) is 12.7. The second-order valence-corrected chi connectivity index (χ2v) is 5.92. The molecule has 1 aliphatic carbocycles. The summed E-state index contributed by atoms with van der Waals surface area (Å²) in [6.07, 6.45) is 1.38. The highest BCUT2D eigenvalue weighted by Gasteiger charge is 2.31. The fraction of sp³-hybridized carbons (Fsp3) is 0.263. The van der Waals surface area contributed by atoms with Crippen molar-refractivity contribution in [2.24, 2.45) is 0 Å². The van der Waals surface area contributed by atoms with Crippen molar-refractivity contribution in [3.05, 3.63) is 70.8 Å². The van der Waals surface area contributed by atoms with Gasteiger partial charge in [0.1, 0.15) is 0 Å². The minimum absolute atomic E-state index is 0.0468. The lowest BCUT2D eigenvalue weighted by Gasteiger charge is -2.34. The Morgan fingerprint density at radius 3 is 2.74 bits per heavy atom. The van der Waals surface area contributed by atoms with Crippen molar-refractivity contribution in [1.82, 2.24) is 5.32 Å². The SMILES string of the molecule is N#Cc1ccc2c(c1)C(Cc1ccccc1)C(NC(=O)O)CC2. The number of rotatable bonds is 3. The number of hydrogen-bond donors (Lipinski definition) is 2. The van der Waals surface area contributed by atoms with E-state index in [-0.39, 0.29) is 12.0 Å². The van der Waals surface area contributed by atoms with Gasteiger partial charge in [0.25, 0.3) is 0 Å². The van der Waals surface area contributed by atoms with E-state index in [1.807, 2.05) is 36.4 Å². The van der Waals surface area contributed by atoms with Crippen molar-refractivity contribution in [3.63, 3.8) is 0 Å². The maximum atomic E-state index is 11.1. The lowest BCUT2D eigenvalue weighted by atomic mass is 9.76. The molecule has 4 nitrogen and oxygen atoms in total. The van der Waals surface area contributed by atoms with Crippen LogP contribution in [0.5, 0.6) is 0 Å². The predicted molar refractivity (Wildman–Crippen MR) is 87.3 cm³/mol. The van der Waals surface area contributed by atoms with Crippen LogP contribution in [0.15, 0.2) is 48.5 Å². The van der Waals surface area contributed by atoms with E-state index in [4.69, 9.17) is 10.4 Å². The molecule has 2 aromatic carbocycles. The van der Waals surface area contributed by atoms with Crippen LogP contribution < -0.4 is 5.32 Å². The zero-order valence-corrected chi connectivity index (χ0v) is 12.7. The summed E-state index contributed by atoms with van der Waals surface area (Å²) >= 11 is 0. The summed E-state index contributed by atoms with van der Waals surface area (Å²) in [5.74, 6) is 0.0468. The first-order valence-corrected chi connectivity index (χ1v) is 7.73. The van der Waals surface area contributed by atoms with Crippen LogP contribution in [0.4, 0.5) is 4.79 Å². The molecule has 0 aromatic heterocycles. The Morgan fingerprint density at radius 1 is 1.26 bits per heavy atom. The molecule has 2 aromatic rings. The molecule has 0 fully saturated rings. The number of aryl methyl sites for hydroxylation is 1. The third kappa shape index (κ3) is 3.35. The highest BCUT2D eigenvalue weighted by atomic mass is 16.4. The second kappa shape index (κ2) is 6.53. The average Bonchev–Trinajstić information content (AvgIpc) is 2.57. The fourth-order valence-electron chi connectivity index (χ4n) is 3.42. The molecule has 4 heteroatoms. The molecule has 3 rings (SSSR count). The number of amides is 1. The van der Waals surface area contributed by atoms with Gasteiger partial charge in [-0.05, 0) is 48.1 Å². The Labute approximate surface area is 135 Å². The number of carbonyl (C=O) groups is 1. The van der Waals surface area contributed by atoms with Gasteiger partial charge in [-0.25, -0.2) is 4.79 Å². The van der Waals surface area contributed by atoms with E-state index in [9.17, 15) is 4.79 Å². The third-order valence-electron chi connectivity index (χ3n) is 4.49. The molecule has 1 amide bonds. The van der Waals surface area contributed by atoms with Gasteiger partial charge in [0.2, 0.25) is 0 Å². The van der Waals surface area contributed by atoms with Crippen molar-refractivity contribution in [2.45, 2.75) is 31.2 Å². The fourth-order valence-corrected chi connectivity index (χ4v) is 3.42. The molecule has 2 atom stereocenters. The third-order valence-corrected chi connectivity index (χ3v) is 4.49. The van der Waals surface area contributed by atoms with E-state index in [1.54, 1.807) is 0 Å². The normalized spacial score (nSPS) is 19.4. The monoisotopic (exact) mass is 306 g/mol. The van der Waals surface area contributed by atoms with E-state index in [2.05, 4.69) is 23.5 Å². The molecule has 1 aliphatic rings. The zero-order chi connectivity index (χ0) is 16.2. The standard InChI is InChI=1S/C19H18N2O2/c20-12-14-6-7-15-8-9-18(21-19(22)23)17(16(15)11-14)10-13-4-2-1-3-5-13/h1-7,11,17-18,21H,8-10H2,(H,22,23). The van der Waals surface area contributed by atoms with Gasteiger partial charge in [0, 0.05) is 12.0 Å². The molecule has 116 valence electrons. The summed E-state index contributed by atoms with van der Waals surface area (Å²) in [7, 11) is 0. The first-order chi connectivity index (χ1) is 11.2. The Morgan fingerprint density at radius 2 is 2.04 bits per heavy atom. The van der Waals surface area contributed by atoms with Gasteiger partial charge in [0.05, 0.1) is 11.6 Å². The van der Waals surface area contributed by atoms with Crippen LogP contribution in [0.3, 0.4) is 0 Å². The average molecular weight is 306 g/mol. The first kappa shape index (κ1) is 15.1. The van der Waals surface area contributed by atoms with Gasteiger partial charge < -0.3 is 10.4 Å².